The van der Waals surface area contributed by atoms with Gasteiger partial charge in [-0.15, -0.1) is 0 Å². The van der Waals surface area contributed by atoms with Crippen molar-refractivity contribution in [2.45, 2.75) is 13.0 Å². The SMILES string of the molecule is COc1ccc(C(N)c2ccccc2Cl)cc1C. The lowest BCUT2D eigenvalue weighted by Crippen LogP contribution is -2.12. The van der Waals surface area contributed by atoms with Crippen LogP contribution in [0.5, 0.6) is 5.75 Å². The molecule has 2 aromatic rings. The van der Waals surface area contributed by atoms with E-state index in [1.165, 1.54) is 0 Å². The summed E-state index contributed by atoms with van der Waals surface area (Å²) < 4.78 is 5.24. The minimum atomic E-state index is -0.219. The van der Waals surface area contributed by atoms with E-state index in [0.29, 0.717) is 5.02 Å². The van der Waals surface area contributed by atoms with Crippen LogP contribution in [0.25, 0.3) is 0 Å². The third-order valence-electron chi connectivity index (χ3n) is 3.02. The van der Waals surface area contributed by atoms with Gasteiger partial charge < -0.3 is 10.5 Å². The van der Waals surface area contributed by atoms with E-state index >= 15 is 0 Å². The van der Waals surface area contributed by atoms with Gasteiger partial charge in [-0.1, -0.05) is 41.9 Å². The van der Waals surface area contributed by atoms with Crippen molar-refractivity contribution in [3.8, 4) is 5.75 Å². The maximum atomic E-state index is 6.25. The summed E-state index contributed by atoms with van der Waals surface area (Å²) >= 11 is 6.16. The second-order valence-electron chi connectivity index (χ2n) is 4.23. The predicted molar refractivity (Wildman–Crippen MR) is 75.2 cm³/mol. The van der Waals surface area contributed by atoms with E-state index in [2.05, 4.69) is 0 Å². The van der Waals surface area contributed by atoms with Gasteiger partial charge in [0.2, 0.25) is 0 Å². The Morgan fingerprint density at radius 3 is 2.50 bits per heavy atom. The standard InChI is InChI=1S/C15H16ClNO/c1-10-9-11(7-8-14(10)18-2)15(17)12-5-3-4-6-13(12)16/h3-9,15H,17H2,1-2H3. The molecule has 0 saturated carbocycles. The summed E-state index contributed by atoms with van der Waals surface area (Å²) in [5.74, 6) is 0.866. The highest BCUT2D eigenvalue weighted by Crippen LogP contribution is 2.28. The molecule has 0 aromatic heterocycles. The Balaban J connectivity index is 2.37. The van der Waals surface area contributed by atoms with E-state index in [0.717, 1.165) is 22.4 Å². The fourth-order valence-corrected chi connectivity index (χ4v) is 2.26. The van der Waals surface area contributed by atoms with Crippen LogP contribution in [0, 0.1) is 6.92 Å². The van der Waals surface area contributed by atoms with E-state index in [1.54, 1.807) is 7.11 Å². The summed E-state index contributed by atoms with van der Waals surface area (Å²) in [4.78, 5) is 0. The Labute approximate surface area is 112 Å². The number of nitrogens with two attached hydrogens (primary N) is 1. The highest BCUT2D eigenvalue weighted by Gasteiger charge is 2.13. The maximum absolute atomic E-state index is 6.25. The van der Waals surface area contributed by atoms with Crippen LogP contribution >= 0.6 is 11.6 Å². The molecule has 0 aliphatic carbocycles. The van der Waals surface area contributed by atoms with Gasteiger partial charge in [-0.2, -0.15) is 0 Å². The summed E-state index contributed by atoms with van der Waals surface area (Å²) in [7, 11) is 1.66. The van der Waals surface area contributed by atoms with Crippen LogP contribution in [-0.4, -0.2) is 7.11 Å². The molecule has 0 bridgehead atoms. The molecule has 0 aliphatic heterocycles. The number of hydrogen-bond donors (Lipinski definition) is 1. The van der Waals surface area contributed by atoms with Gasteiger partial charge in [0.05, 0.1) is 13.2 Å². The van der Waals surface area contributed by atoms with Crippen LogP contribution < -0.4 is 10.5 Å². The molecule has 2 N–H and O–H groups in total. The first-order valence-corrected chi connectivity index (χ1v) is 6.16. The lowest BCUT2D eigenvalue weighted by atomic mass is 9.98. The molecule has 0 aliphatic rings. The van der Waals surface area contributed by atoms with Crippen LogP contribution in [0.3, 0.4) is 0 Å². The van der Waals surface area contributed by atoms with E-state index in [4.69, 9.17) is 22.1 Å². The van der Waals surface area contributed by atoms with E-state index in [-0.39, 0.29) is 6.04 Å². The predicted octanol–water partition coefficient (Wildman–Crippen LogP) is 3.71. The zero-order chi connectivity index (χ0) is 13.1. The quantitative estimate of drug-likeness (QED) is 0.914. The molecule has 1 atom stereocenters. The Morgan fingerprint density at radius 1 is 1.17 bits per heavy atom. The summed E-state index contributed by atoms with van der Waals surface area (Å²) in [6.07, 6.45) is 0. The molecular formula is C15H16ClNO. The Kier molecular flexibility index (Phi) is 3.90. The van der Waals surface area contributed by atoms with Gasteiger partial charge in [0.25, 0.3) is 0 Å². The monoisotopic (exact) mass is 261 g/mol. The van der Waals surface area contributed by atoms with Gasteiger partial charge in [-0.05, 0) is 35.7 Å². The Bertz CT molecular complexity index is 554. The van der Waals surface area contributed by atoms with Gasteiger partial charge in [-0.25, -0.2) is 0 Å². The molecule has 1 unspecified atom stereocenters. The molecule has 2 aromatic carbocycles. The Hall–Kier alpha value is -1.51. The minimum Gasteiger partial charge on any atom is -0.496 e. The summed E-state index contributed by atoms with van der Waals surface area (Å²) in [6, 6.07) is 13.4. The second kappa shape index (κ2) is 5.42. The van der Waals surface area contributed by atoms with Crippen molar-refractivity contribution in [1.29, 1.82) is 0 Å². The van der Waals surface area contributed by atoms with Crippen molar-refractivity contribution in [2.24, 2.45) is 5.73 Å². The molecule has 2 nitrogen and oxygen atoms in total. The highest BCUT2D eigenvalue weighted by molar-refractivity contribution is 6.31. The zero-order valence-corrected chi connectivity index (χ0v) is 11.2. The molecule has 0 saturated heterocycles. The third kappa shape index (κ3) is 2.50. The smallest absolute Gasteiger partial charge is 0.121 e. The van der Waals surface area contributed by atoms with Gasteiger partial charge in [0.15, 0.2) is 0 Å². The largest absolute Gasteiger partial charge is 0.496 e. The molecule has 0 radical (unpaired) electrons. The number of hydrogen-bond acceptors (Lipinski definition) is 2. The number of methoxy groups -OCH3 is 1. The summed E-state index contributed by atoms with van der Waals surface area (Å²) in [6.45, 7) is 2.00. The topological polar surface area (TPSA) is 35.2 Å². The molecule has 2 rings (SSSR count). The zero-order valence-electron chi connectivity index (χ0n) is 10.5. The lowest BCUT2D eigenvalue weighted by molar-refractivity contribution is 0.411. The van der Waals surface area contributed by atoms with Gasteiger partial charge in [0.1, 0.15) is 5.75 Å². The van der Waals surface area contributed by atoms with Crippen molar-refractivity contribution < 1.29 is 4.74 Å². The normalized spacial score (nSPS) is 12.2. The van der Waals surface area contributed by atoms with Crippen LogP contribution in [0.4, 0.5) is 0 Å². The van der Waals surface area contributed by atoms with E-state index < -0.39 is 0 Å². The van der Waals surface area contributed by atoms with Crippen LogP contribution in [0.15, 0.2) is 42.5 Å². The number of rotatable bonds is 3. The summed E-state index contributed by atoms with van der Waals surface area (Å²) in [5.41, 5.74) is 9.28. The van der Waals surface area contributed by atoms with Crippen molar-refractivity contribution in [1.82, 2.24) is 0 Å². The first kappa shape index (κ1) is 12.9. The van der Waals surface area contributed by atoms with Crippen LogP contribution in [0.2, 0.25) is 5.02 Å². The average Bonchev–Trinajstić information content (AvgIpc) is 2.38. The van der Waals surface area contributed by atoms with Crippen LogP contribution in [0.1, 0.15) is 22.7 Å². The highest BCUT2D eigenvalue weighted by atomic mass is 35.5. The molecule has 0 amide bonds. The molecule has 0 spiro atoms. The number of ether oxygens (including phenoxy) is 1. The molecule has 3 heteroatoms. The fraction of sp³-hybridized carbons (Fsp3) is 0.200. The first-order chi connectivity index (χ1) is 8.63. The first-order valence-electron chi connectivity index (χ1n) is 5.78. The van der Waals surface area contributed by atoms with Crippen molar-refractivity contribution in [3.63, 3.8) is 0 Å². The van der Waals surface area contributed by atoms with Crippen LogP contribution in [-0.2, 0) is 0 Å². The van der Waals surface area contributed by atoms with Gasteiger partial charge >= 0.3 is 0 Å². The maximum Gasteiger partial charge on any atom is 0.121 e. The molecule has 0 fully saturated rings. The Morgan fingerprint density at radius 2 is 1.89 bits per heavy atom. The lowest BCUT2D eigenvalue weighted by Gasteiger charge is -2.15. The third-order valence-corrected chi connectivity index (χ3v) is 3.36. The molecule has 18 heavy (non-hydrogen) atoms. The summed E-state index contributed by atoms with van der Waals surface area (Å²) in [5, 5.41) is 0.693. The van der Waals surface area contributed by atoms with E-state index in [9.17, 15) is 0 Å². The van der Waals surface area contributed by atoms with Crippen molar-refractivity contribution >= 4 is 11.6 Å². The second-order valence-corrected chi connectivity index (χ2v) is 4.64. The number of benzene rings is 2. The van der Waals surface area contributed by atoms with Gasteiger partial charge in [-0.3, -0.25) is 0 Å². The number of halogens is 1. The van der Waals surface area contributed by atoms with E-state index in [1.807, 2.05) is 49.4 Å². The molecule has 0 heterocycles. The molecular weight excluding hydrogens is 246 g/mol. The average molecular weight is 262 g/mol. The van der Waals surface area contributed by atoms with Gasteiger partial charge in [0, 0.05) is 5.02 Å². The molecule has 94 valence electrons. The number of aryl methyl sites for hydroxylation is 1. The van der Waals surface area contributed by atoms with Crippen molar-refractivity contribution in [3.05, 3.63) is 64.2 Å². The minimum absolute atomic E-state index is 0.219. The fourth-order valence-electron chi connectivity index (χ4n) is 2.00. The van der Waals surface area contributed by atoms with Crippen molar-refractivity contribution in [2.75, 3.05) is 7.11 Å².